The van der Waals surface area contributed by atoms with Gasteiger partial charge in [0.1, 0.15) is 5.82 Å². The van der Waals surface area contributed by atoms with Crippen molar-refractivity contribution in [3.8, 4) is 0 Å². The molecule has 1 fully saturated rings. The molecular formula is C11H11BrN2O3. The number of pyridine rings is 1. The number of carboxylic acid groups (broad SMARTS) is 1. The van der Waals surface area contributed by atoms with Gasteiger partial charge in [0.05, 0.1) is 11.8 Å². The standard InChI is InChI=1S/C11H11BrN2O3/c1-5-2-9(13-4-8(5)12)14-10(15)6-3-7(6)11(16)17/h2,4,6-7H,3H2,1H3,(H,16,17)(H,13,14,15). The van der Waals surface area contributed by atoms with Crippen LogP contribution in [0.1, 0.15) is 12.0 Å². The lowest BCUT2D eigenvalue weighted by Crippen LogP contribution is -2.17. The fourth-order valence-corrected chi connectivity index (χ4v) is 1.80. The zero-order valence-corrected chi connectivity index (χ0v) is 10.7. The number of carboxylic acids is 1. The maximum absolute atomic E-state index is 11.7. The fourth-order valence-electron chi connectivity index (χ4n) is 1.58. The summed E-state index contributed by atoms with van der Waals surface area (Å²) in [6.07, 6.45) is 2.02. The zero-order chi connectivity index (χ0) is 12.6. The quantitative estimate of drug-likeness (QED) is 0.892. The van der Waals surface area contributed by atoms with Gasteiger partial charge in [-0.05, 0) is 40.9 Å². The smallest absolute Gasteiger partial charge is 0.307 e. The summed E-state index contributed by atoms with van der Waals surface area (Å²) in [5.74, 6) is -1.69. The van der Waals surface area contributed by atoms with E-state index in [2.05, 4.69) is 26.2 Å². The van der Waals surface area contributed by atoms with Crippen molar-refractivity contribution in [2.75, 3.05) is 5.32 Å². The van der Waals surface area contributed by atoms with Crippen molar-refractivity contribution in [2.24, 2.45) is 11.8 Å². The fraction of sp³-hybridized carbons (Fsp3) is 0.364. The molecule has 2 atom stereocenters. The lowest BCUT2D eigenvalue weighted by Gasteiger charge is -2.05. The van der Waals surface area contributed by atoms with E-state index >= 15 is 0 Å². The number of aliphatic carboxylic acids is 1. The van der Waals surface area contributed by atoms with Crippen LogP contribution in [0.5, 0.6) is 0 Å². The summed E-state index contributed by atoms with van der Waals surface area (Å²) < 4.78 is 0.866. The molecule has 90 valence electrons. The highest BCUT2D eigenvalue weighted by Crippen LogP contribution is 2.39. The predicted octanol–water partition coefficient (Wildman–Crippen LogP) is 1.81. The molecule has 1 heterocycles. The first-order chi connectivity index (χ1) is 7.99. The first-order valence-corrected chi connectivity index (χ1v) is 5.94. The van der Waals surface area contributed by atoms with E-state index in [0.717, 1.165) is 10.0 Å². The molecule has 1 aliphatic carbocycles. The largest absolute Gasteiger partial charge is 0.481 e. The van der Waals surface area contributed by atoms with Crippen molar-refractivity contribution in [3.63, 3.8) is 0 Å². The van der Waals surface area contributed by atoms with Crippen LogP contribution in [-0.2, 0) is 9.59 Å². The molecule has 2 rings (SSSR count). The van der Waals surface area contributed by atoms with Crippen LogP contribution < -0.4 is 5.32 Å². The molecule has 1 aromatic rings. The predicted molar refractivity (Wildman–Crippen MR) is 64.5 cm³/mol. The molecule has 2 unspecified atom stereocenters. The van der Waals surface area contributed by atoms with Crippen LogP contribution >= 0.6 is 15.9 Å². The third-order valence-electron chi connectivity index (χ3n) is 2.74. The molecule has 1 aliphatic rings. The van der Waals surface area contributed by atoms with E-state index in [1.165, 1.54) is 0 Å². The highest BCUT2D eigenvalue weighted by molar-refractivity contribution is 9.10. The minimum absolute atomic E-state index is 0.272. The van der Waals surface area contributed by atoms with E-state index in [0.29, 0.717) is 12.2 Å². The number of anilines is 1. The molecule has 1 amide bonds. The summed E-state index contributed by atoms with van der Waals surface area (Å²) in [5, 5.41) is 11.3. The Kier molecular flexibility index (Phi) is 3.15. The van der Waals surface area contributed by atoms with Crippen molar-refractivity contribution >= 4 is 33.6 Å². The van der Waals surface area contributed by atoms with Crippen LogP contribution in [0.3, 0.4) is 0 Å². The summed E-state index contributed by atoms with van der Waals surface area (Å²) in [6.45, 7) is 1.89. The minimum atomic E-state index is -0.912. The van der Waals surface area contributed by atoms with Crippen molar-refractivity contribution in [1.29, 1.82) is 0 Å². The SMILES string of the molecule is Cc1cc(NC(=O)C2CC2C(=O)O)ncc1Br. The molecule has 0 aromatic carbocycles. The van der Waals surface area contributed by atoms with E-state index in [4.69, 9.17) is 5.11 Å². The number of rotatable bonds is 3. The first kappa shape index (κ1) is 12.0. The van der Waals surface area contributed by atoms with Gasteiger partial charge in [-0.3, -0.25) is 9.59 Å². The normalized spacial score (nSPS) is 22.0. The summed E-state index contributed by atoms with van der Waals surface area (Å²) >= 11 is 3.31. The number of carbonyl (C=O) groups excluding carboxylic acids is 1. The third-order valence-corrected chi connectivity index (χ3v) is 3.57. The second kappa shape index (κ2) is 4.44. The van der Waals surface area contributed by atoms with Gasteiger partial charge in [-0.25, -0.2) is 4.98 Å². The van der Waals surface area contributed by atoms with E-state index in [9.17, 15) is 9.59 Å². The molecule has 0 aliphatic heterocycles. The first-order valence-electron chi connectivity index (χ1n) is 5.15. The number of aromatic nitrogens is 1. The van der Waals surface area contributed by atoms with E-state index in [-0.39, 0.29) is 5.91 Å². The number of aryl methyl sites for hydroxylation is 1. The minimum Gasteiger partial charge on any atom is -0.481 e. The van der Waals surface area contributed by atoms with Crippen LogP contribution in [0.15, 0.2) is 16.7 Å². The van der Waals surface area contributed by atoms with Crippen LogP contribution in [0.25, 0.3) is 0 Å². The Balaban J connectivity index is 2.00. The van der Waals surface area contributed by atoms with Gasteiger partial charge in [0.2, 0.25) is 5.91 Å². The van der Waals surface area contributed by atoms with Gasteiger partial charge in [-0.15, -0.1) is 0 Å². The Bertz CT molecular complexity index is 490. The molecular weight excluding hydrogens is 288 g/mol. The summed E-state index contributed by atoms with van der Waals surface area (Å²) in [6, 6.07) is 1.74. The van der Waals surface area contributed by atoms with Gasteiger partial charge in [0, 0.05) is 10.7 Å². The third kappa shape index (κ3) is 2.63. The van der Waals surface area contributed by atoms with Crippen molar-refractivity contribution in [3.05, 3.63) is 22.3 Å². The Labute approximate surface area is 106 Å². The summed E-state index contributed by atoms with van der Waals surface area (Å²) in [5.41, 5.74) is 0.959. The molecule has 6 heteroatoms. The van der Waals surface area contributed by atoms with Crippen molar-refractivity contribution in [1.82, 2.24) is 4.98 Å². The highest BCUT2D eigenvalue weighted by atomic mass is 79.9. The Morgan fingerprint density at radius 1 is 1.53 bits per heavy atom. The van der Waals surface area contributed by atoms with Gasteiger partial charge < -0.3 is 10.4 Å². The Hall–Kier alpha value is -1.43. The van der Waals surface area contributed by atoms with Gasteiger partial charge in [-0.2, -0.15) is 0 Å². The van der Waals surface area contributed by atoms with Crippen LogP contribution in [0.4, 0.5) is 5.82 Å². The molecule has 0 saturated heterocycles. The number of hydrogen-bond donors (Lipinski definition) is 2. The van der Waals surface area contributed by atoms with E-state index in [1.54, 1.807) is 12.3 Å². The number of nitrogens with one attached hydrogen (secondary N) is 1. The topological polar surface area (TPSA) is 79.3 Å². The summed E-state index contributed by atoms with van der Waals surface area (Å²) in [7, 11) is 0. The number of hydrogen-bond acceptors (Lipinski definition) is 3. The van der Waals surface area contributed by atoms with Crippen molar-refractivity contribution < 1.29 is 14.7 Å². The van der Waals surface area contributed by atoms with Gasteiger partial charge in [0.25, 0.3) is 0 Å². The molecule has 5 nitrogen and oxygen atoms in total. The monoisotopic (exact) mass is 298 g/mol. The van der Waals surface area contributed by atoms with Gasteiger partial charge >= 0.3 is 5.97 Å². The van der Waals surface area contributed by atoms with Crippen LogP contribution in [0, 0.1) is 18.8 Å². The molecule has 2 N–H and O–H groups in total. The highest BCUT2D eigenvalue weighted by Gasteiger charge is 2.48. The zero-order valence-electron chi connectivity index (χ0n) is 9.11. The number of carbonyl (C=O) groups is 2. The van der Waals surface area contributed by atoms with Crippen LogP contribution in [0.2, 0.25) is 0 Å². The number of halogens is 1. The molecule has 0 spiro atoms. The number of amides is 1. The average Bonchev–Trinajstić information content (AvgIpc) is 3.03. The van der Waals surface area contributed by atoms with Gasteiger partial charge in [-0.1, -0.05) is 0 Å². The molecule has 1 aromatic heterocycles. The van der Waals surface area contributed by atoms with Crippen molar-refractivity contribution in [2.45, 2.75) is 13.3 Å². The van der Waals surface area contributed by atoms with E-state index < -0.39 is 17.8 Å². The average molecular weight is 299 g/mol. The molecule has 0 bridgehead atoms. The molecule has 1 saturated carbocycles. The Morgan fingerprint density at radius 2 is 2.24 bits per heavy atom. The molecule has 17 heavy (non-hydrogen) atoms. The van der Waals surface area contributed by atoms with E-state index in [1.807, 2.05) is 6.92 Å². The second-order valence-electron chi connectivity index (χ2n) is 4.09. The lowest BCUT2D eigenvalue weighted by atomic mass is 10.2. The second-order valence-corrected chi connectivity index (χ2v) is 4.95. The molecule has 0 radical (unpaired) electrons. The maximum atomic E-state index is 11.7. The van der Waals surface area contributed by atoms with Gasteiger partial charge in [0.15, 0.2) is 0 Å². The maximum Gasteiger partial charge on any atom is 0.307 e. The van der Waals surface area contributed by atoms with Crippen LogP contribution in [-0.4, -0.2) is 22.0 Å². The number of nitrogens with zero attached hydrogens (tertiary/aromatic N) is 1. The summed E-state index contributed by atoms with van der Waals surface area (Å²) in [4.78, 5) is 26.3. The Morgan fingerprint density at radius 3 is 2.76 bits per heavy atom. The lowest BCUT2D eigenvalue weighted by molar-refractivity contribution is -0.139.